The molecule has 2 rings (SSSR count). The van der Waals surface area contributed by atoms with Gasteiger partial charge in [0.1, 0.15) is 0 Å². The van der Waals surface area contributed by atoms with Crippen LogP contribution in [0.15, 0.2) is 24.5 Å². The zero-order chi connectivity index (χ0) is 13.5. The lowest BCUT2D eigenvalue weighted by atomic mass is 10.2. The lowest BCUT2D eigenvalue weighted by Gasteiger charge is -2.34. The summed E-state index contributed by atoms with van der Waals surface area (Å²) in [7, 11) is 0. The van der Waals surface area contributed by atoms with E-state index in [1.807, 2.05) is 12.1 Å². The first-order valence-corrected chi connectivity index (χ1v) is 6.90. The molecule has 0 aromatic carbocycles. The molecule has 1 aliphatic heterocycles. The van der Waals surface area contributed by atoms with Crippen LogP contribution in [0.25, 0.3) is 0 Å². The summed E-state index contributed by atoms with van der Waals surface area (Å²) in [5.74, 6) is -0.112. The Balaban J connectivity index is 1.75. The molecule has 1 aliphatic rings. The van der Waals surface area contributed by atoms with Gasteiger partial charge in [-0.15, -0.1) is 5.06 Å². The van der Waals surface area contributed by atoms with Crippen molar-refractivity contribution < 1.29 is 9.63 Å². The third-order valence-corrected chi connectivity index (χ3v) is 3.23. The molecule has 1 saturated heterocycles. The van der Waals surface area contributed by atoms with Crippen LogP contribution in [0.5, 0.6) is 0 Å². The fourth-order valence-corrected chi connectivity index (χ4v) is 2.10. The largest absolute Gasteiger partial charge is 0.369 e. The van der Waals surface area contributed by atoms with E-state index in [-0.39, 0.29) is 5.97 Å². The van der Waals surface area contributed by atoms with Crippen molar-refractivity contribution in [3.05, 3.63) is 24.5 Å². The highest BCUT2D eigenvalue weighted by Gasteiger charge is 2.19. The van der Waals surface area contributed by atoms with Crippen molar-refractivity contribution in [1.82, 2.24) is 10.0 Å². The number of aromatic nitrogens is 1. The average Bonchev–Trinajstić information content (AvgIpc) is 2.47. The molecule has 1 aromatic heterocycles. The molecule has 104 valence electrons. The maximum atomic E-state index is 11.5. The van der Waals surface area contributed by atoms with E-state index in [1.165, 1.54) is 5.69 Å². The summed E-state index contributed by atoms with van der Waals surface area (Å²) < 4.78 is 0. The molecule has 0 unspecified atom stereocenters. The molecule has 1 fully saturated rings. The second kappa shape index (κ2) is 7.09. The van der Waals surface area contributed by atoms with E-state index in [9.17, 15) is 4.79 Å². The molecule has 0 spiro atoms. The molecule has 2 heterocycles. The topological polar surface area (TPSA) is 45.7 Å². The summed E-state index contributed by atoms with van der Waals surface area (Å²) in [6.45, 7) is 5.30. The van der Waals surface area contributed by atoms with E-state index in [0.717, 1.165) is 39.0 Å². The van der Waals surface area contributed by atoms with Crippen molar-refractivity contribution in [3.8, 4) is 0 Å². The zero-order valence-corrected chi connectivity index (χ0v) is 11.4. The summed E-state index contributed by atoms with van der Waals surface area (Å²) in [5.41, 5.74) is 1.17. The molecule has 0 bridgehead atoms. The van der Waals surface area contributed by atoms with E-state index in [4.69, 9.17) is 4.84 Å². The number of pyridine rings is 1. The number of rotatable bonds is 5. The van der Waals surface area contributed by atoms with Gasteiger partial charge in [0, 0.05) is 37.6 Å². The Hall–Kier alpha value is -1.62. The maximum Gasteiger partial charge on any atom is 0.325 e. The third kappa shape index (κ3) is 4.21. The van der Waals surface area contributed by atoms with Crippen LogP contribution in [0.1, 0.15) is 26.2 Å². The van der Waals surface area contributed by atoms with Crippen LogP contribution in [-0.4, -0.2) is 42.2 Å². The first kappa shape index (κ1) is 13.8. The van der Waals surface area contributed by atoms with Crippen molar-refractivity contribution in [2.45, 2.75) is 26.2 Å². The molecule has 0 aliphatic carbocycles. The Morgan fingerprint density at radius 1 is 1.26 bits per heavy atom. The highest BCUT2D eigenvalue weighted by molar-refractivity contribution is 5.68. The highest BCUT2D eigenvalue weighted by atomic mass is 16.7. The lowest BCUT2D eigenvalue weighted by molar-refractivity contribution is -0.191. The van der Waals surface area contributed by atoms with Gasteiger partial charge in [0.05, 0.1) is 13.1 Å². The first-order valence-electron chi connectivity index (χ1n) is 6.90. The van der Waals surface area contributed by atoms with Crippen LogP contribution in [0, 0.1) is 0 Å². The number of hydrogen-bond donors (Lipinski definition) is 0. The van der Waals surface area contributed by atoms with Gasteiger partial charge in [-0.05, 0) is 18.6 Å². The number of anilines is 1. The van der Waals surface area contributed by atoms with Gasteiger partial charge >= 0.3 is 5.97 Å². The van der Waals surface area contributed by atoms with Crippen LogP contribution in [-0.2, 0) is 9.63 Å². The average molecular weight is 263 g/mol. The summed E-state index contributed by atoms with van der Waals surface area (Å²) in [6, 6.07) is 4.01. The number of hydroxylamine groups is 2. The zero-order valence-electron chi connectivity index (χ0n) is 11.4. The van der Waals surface area contributed by atoms with E-state index >= 15 is 0 Å². The number of unbranched alkanes of at least 4 members (excludes halogenated alkanes) is 1. The molecule has 0 saturated carbocycles. The Morgan fingerprint density at radius 3 is 2.58 bits per heavy atom. The Bertz CT molecular complexity index is 389. The Labute approximate surface area is 114 Å². The normalized spacial score (nSPS) is 16.4. The van der Waals surface area contributed by atoms with Crippen LogP contribution >= 0.6 is 0 Å². The van der Waals surface area contributed by atoms with Crippen molar-refractivity contribution in [1.29, 1.82) is 0 Å². The lowest BCUT2D eigenvalue weighted by Crippen LogP contribution is -2.47. The molecule has 1 aromatic rings. The van der Waals surface area contributed by atoms with Crippen LogP contribution < -0.4 is 4.90 Å². The first-order chi connectivity index (χ1) is 9.29. The Kier molecular flexibility index (Phi) is 5.15. The molecule has 5 heteroatoms. The standard InChI is InChI=1S/C14H21N3O2/c1-2-3-4-14(18)19-17-11-9-16(10-12-17)13-5-7-15-8-6-13/h5-8H,2-4,9-12H2,1H3. The number of carbonyl (C=O) groups is 1. The smallest absolute Gasteiger partial charge is 0.325 e. The third-order valence-electron chi connectivity index (χ3n) is 3.23. The maximum absolute atomic E-state index is 11.5. The van der Waals surface area contributed by atoms with E-state index in [0.29, 0.717) is 6.42 Å². The highest BCUT2D eigenvalue weighted by Crippen LogP contribution is 2.15. The fourth-order valence-electron chi connectivity index (χ4n) is 2.10. The van der Waals surface area contributed by atoms with Gasteiger partial charge in [0.15, 0.2) is 0 Å². The monoisotopic (exact) mass is 263 g/mol. The van der Waals surface area contributed by atoms with E-state index in [1.54, 1.807) is 17.5 Å². The number of nitrogens with zero attached hydrogens (tertiary/aromatic N) is 3. The second-order valence-electron chi connectivity index (χ2n) is 4.69. The van der Waals surface area contributed by atoms with E-state index in [2.05, 4.69) is 16.8 Å². The molecular formula is C14H21N3O2. The van der Waals surface area contributed by atoms with Crippen molar-refractivity contribution in [2.75, 3.05) is 31.1 Å². The summed E-state index contributed by atoms with van der Waals surface area (Å²) >= 11 is 0. The minimum atomic E-state index is -0.112. The quantitative estimate of drug-likeness (QED) is 0.811. The van der Waals surface area contributed by atoms with Crippen molar-refractivity contribution in [2.24, 2.45) is 0 Å². The van der Waals surface area contributed by atoms with Gasteiger partial charge in [-0.3, -0.25) is 9.78 Å². The van der Waals surface area contributed by atoms with Crippen molar-refractivity contribution in [3.63, 3.8) is 0 Å². The van der Waals surface area contributed by atoms with Gasteiger partial charge in [0.25, 0.3) is 0 Å². The SMILES string of the molecule is CCCCC(=O)ON1CCN(c2ccncc2)CC1. The van der Waals surface area contributed by atoms with Crippen LogP contribution in [0.4, 0.5) is 5.69 Å². The minimum absolute atomic E-state index is 0.112. The molecule has 19 heavy (non-hydrogen) atoms. The van der Waals surface area contributed by atoms with Crippen molar-refractivity contribution >= 4 is 11.7 Å². The predicted octanol–water partition coefficient (Wildman–Crippen LogP) is 1.85. The van der Waals surface area contributed by atoms with Gasteiger partial charge in [-0.1, -0.05) is 13.3 Å². The number of hydrogen-bond acceptors (Lipinski definition) is 5. The predicted molar refractivity (Wildman–Crippen MR) is 73.6 cm³/mol. The molecule has 0 radical (unpaired) electrons. The van der Waals surface area contributed by atoms with Gasteiger partial charge in [0.2, 0.25) is 0 Å². The summed E-state index contributed by atoms with van der Waals surface area (Å²) in [6.07, 6.45) is 6.03. The molecule has 5 nitrogen and oxygen atoms in total. The van der Waals surface area contributed by atoms with Gasteiger partial charge in [-0.2, -0.15) is 0 Å². The second-order valence-corrected chi connectivity index (χ2v) is 4.69. The van der Waals surface area contributed by atoms with E-state index < -0.39 is 0 Å². The summed E-state index contributed by atoms with van der Waals surface area (Å²) in [5, 5.41) is 1.77. The molecule has 0 amide bonds. The molecule has 0 N–H and O–H groups in total. The van der Waals surface area contributed by atoms with Crippen LogP contribution in [0.2, 0.25) is 0 Å². The van der Waals surface area contributed by atoms with Gasteiger partial charge < -0.3 is 9.74 Å². The number of piperazine rings is 1. The number of carbonyl (C=O) groups excluding carboxylic acids is 1. The Morgan fingerprint density at radius 2 is 1.95 bits per heavy atom. The molecule has 0 atom stereocenters. The van der Waals surface area contributed by atoms with Gasteiger partial charge in [-0.25, -0.2) is 0 Å². The summed E-state index contributed by atoms with van der Waals surface area (Å²) in [4.78, 5) is 23.2. The minimum Gasteiger partial charge on any atom is -0.369 e. The molecular weight excluding hydrogens is 242 g/mol. The fraction of sp³-hybridized carbons (Fsp3) is 0.571. The van der Waals surface area contributed by atoms with Crippen LogP contribution in [0.3, 0.4) is 0 Å².